The van der Waals surface area contributed by atoms with Crippen LogP contribution in [0.5, 0.6) is 0 Å². The summed E-state index contributed by atoms with van der Waals surface area (Å²) in [5.41, 5.74) is 1.61. The van der Waals surface area contributed by atoms with E-state index in [1.165, 1.54) is 23.3 Å². The molecule has 0 aliphatic heterocycles. The zero-order valence-corrected chi connectivity index (χ0v) is 13.6. The van der Waals surface area contributed by atoms with Gasteiger partial charge in [0.2, 0.25) is 5.91 Å². The van der Waals surface area contributed by atoms with Crippen molar-refractivity contribution in [3.05, 3.63) is 16.0 Å². The average Bonchev–Trinajstić information content (AvgIpc) is 2.98. The van der Waals surface area contributed by atoms with Crippen LogP contribution in [-0.2, 0) is 22.4 Å². The molecule has 1 atom stereocenters. The van der Waals surface area contributed by atoms with Crippen molar-refractivity contribution in [2.45, 2.75) is 45.6 Å². The second kappa shape index (κ2) is 7.04. The van der Waals surface area contributed by atoms with Gasteiger partial charge >= 0.3 is 5.97 Å². The van der Waals surface area contributed by atoms with Gasteiger partial charge < -0.3 is 15.4 Å². The molecule has 1 aliphatic rings. The summed E-state index contributed by atoms with van der Waals surface area (Å²) in [5.74, 6) is -0.432. The van der Waals surface area contributed by atoms with Gasteiger partial charge in [-0.25, -0.2) is 4.79 Å². The fraction of sp³-hybridized carbons (Fsp3) is 0.600. The minimum absolute atomic E-state index is 0.0754. The molecule has 0 fully saturated rings. The molecule has 0 saturated heterocycles. The van der Waals surface area contributed by atoms with Gasteiger partial charge in [0.15, 0.2) is 0 Å². The van der Waals surface area contributed by atoms with Crippen LogP contribution >= 0.6 is 11.3 Å². The first kappa shape index (κ1) is 16.0. The van der Waals surface area contributed by atoms with Crippen molar-refractivity contribution < 1.29 is 14.3 Å². The monoisotopic (exact) mass is 310 g/mol. The summed E-state index contributed by atoms with van der Waals surface area (Å²) in [6, 6.07) is 0.114. The van der Waals surface area contributed by atoms with Crippen LogP contribution in [0, 0.1) is 0 Å². The smallest absolute Gasteiger partial charge is 0.341 e. The molecule has 1 unspecified atom stereocenters. The predicted molar refractivity (Wildman–Crippen MR) is 84.1 cm³/mol. The lowest BCUT2D eigenvalue weighted by atomic mass is 10.1. The maximum atomic E-state index is 12.1. The quantitative estimate of drug-likeness (QED) is 0.792. The molecule has 1 aromatic rings. The zero-order valence-electron chi connectivity index (χ0n) is 12.7. The van der Waals surface area contributed by atoms with Gasteiger partial charge in [-0.1, -0.05) is 6.92 Å². The maximum Gasteiger partial charge on any atom is 0.341 e. The van der Waals surface area contributed by atoms with E-state index in [-0.39, 0.29) is 17.9 Å². The van der Waals surface area contributed by atoms with Gasteiger partial charge in [-0.2, -0.15) is 0 Å². The lowest BCUT2D eigenvalue weighted by molar-refractivity contribution is -0.116. The van der Waals surface area contributed by atoms with Crippen LogP contribution < -0.4 is 10.6 Å². The minimum atomic E-state index is -0.357. The van der Waals surface area contributed by atoms with E-state index >= 15 is 0 Å². The number of fused-ring (bicyclic) bond motifs is 1. The van der Waals surface area contributed by atoms with Gasteiger partial charge in [0.25, 0.3) is 0 Å². The third-order valence-corrected chi connectivity index (χ3v) is 4.82. The van der Waals surface area contributed by atoms with E-state index in [1.807, 2.05) is 13.8 Å². The van der Waals surface area contributed by atoms with Crippen LogP contribution in [0.3, 0.4) is 0 Å². The van der Waals surface area contributed by atoms with Crippen LogP contribution in [0.1, 0.15) is 47.5 Å². The van der Waals surface area contributed by atoms with Crippen LogP contribution in [-0.4, -0.2) is 31.6 Å². The molecule has 1 heterocycles. The summed E-state index contributed by atoms with van der Waals surface area (Å²) in [6.07, 6.45) is 3.32. The summed E-state index contributed by atoms with van der Waals surface area (Å²) in [4.78, 5) is 25.3. The molecule has 0 radical (unpaired) electrons. The van der Waals surface area contributed by atoms with Crippen molar-refractivity contribution >= 4 is 28.2 Å². The molecule has 0 bridgehead atoms. The Hall–Kier alpha value is -1.40. The number of esters is 1. The first-order valence-electron chi connectivity index (χ1n) is 7.32. The lowest BCUT2D eigenvalue weighted by Gasteiger charge is -2.12. The summed E-state index contributed by atoms with van der Waals surface area (Å²) in [6.45, 7) is 4.81. The Morgan fingerprint density at radius 1 is 1.38 bits per heavy atom. The number of ether oxygens (including phenoxy) is 1. The first-order chi connectivity index (χ1) is 10.1. The van der Waals surface area contributed by atoms with E-state index in [2.05, 4.69) is 10.6 Å². The van der Waals surface area contributed by atoms with Crippen molar-refractivity contribution in [1.82, 2.24) is 5.32 Å². The average molecular weight is 310 g/mol. The van der Waals surface area contributed by atoms with E-state index in [4.69, 9.17) is 4.74 Å². The van der Waals surface area contributed by atoms with Gasteiger partial charge in [0, 0.05) is 17.3 Å². The normalized spacial score (nSPS) is 14.6. The topological polar surface area (TPSA) is 67.4 Å². The highest BCUT2D eigenvalue weighted by Gasteiger charge is 2.28. The molecular formula is C15H22N2O3S. The number of aryl methyl sites for hydroxylation is 1. The van der Waals surface area contributed by atoms with Crippen molar-refractivity contribution in [3.63, 3.8) is 0 Å². The molecule has 1 aromatic heterocycles. The molecule has 1 amide bonds. The van der Waals surface area contributed by atoms with Crippen molar-refractivity contribution in [2.75, 3.05) is 19.0 Å². The summed E-state index contributed by atoms with van der Waals surface area (Å²) < 4.78 is 4.87. The van der Waals surface area contributed by atoms with Gasteiger partial charge in [-0.05, 0) is 38.3 Å². The molecular weight excluding hydrogens is 288 g/mol. The minimum Gasteiger partial charge on any atom is -0.465 e. The number of carbonyl (C=O) groups is 2. The summed E-state index contributed by atoms with van der Waals surface area (Å²) in [7, 11) is 1.38. The first-order valence-corrected chi connectivity index (χ1v) is 8.14. The Morgan fingerprint density at radius 2 is 2.14 bits per heavy atom. The standard InChI is InChI=1S/C15H22N2O3S/c1-4-16-9(2)8-12(18)17-14-13(15(19)20-3)10-6-5-7-11(10)21-14/h9,16H,4-8H2,1-3H3,(H,17,18). The van der Waals surface area contributed by atoms with Crippen LogP contribution in [0.25, 0.3) is 0 Å². The number of hydrogen-bond donors (Lipinski definition) is 2. The molecule has 1 aliphatic carbocycles. The molecule has 0 spiro atoms. The highest BCUT2D eigenvalue weighted by molar-refractivity contribution is 7.17. The molecule has 2 rings (SSSR count). The molecule has 5 nitrogen and oxygen atoms in total. The van der Waals surface area contributed by atoms with Gasteiger partial charge in [-0.15, -0.1) is 11.3 Å². The Morgan fingerprint density at radius 3 is 2.81 bits per heavy atom. The van der Waals surface area contributed by atoms with Crippen LogP contribution in [0.2, 0.25) is 0 Å². The number of hydrogen-bond acceptors (Lipinski definition) is 5. The van der Waals surface area contributed by atoms with E-state index in [0.717, 1.165) is 31.4 Å². The Balaban J connectivity index is 2.13. The lowest BCUT2D eigenvalue weighted by Crippen LogP contribution is -2.30. The van der Waals surface area contributed by atoms with E-state index < -0.39 is 0 Å². The van der Waals surface area contributed by atoms with Gasteiger partial charge in [0.05, 0.1) is 12.7 Å². The highest BCUT2D eigenvalue weighted by atomic mass is 32.1. The van der Waals surface area contributed by atoms with Crippen molar-refractivity contribution in [3.8, 4) is 0 Å². The second-order valence-corrected chi connectivity index (χ2v) is 6.37. The van der Waals surface area contributed by atoms with Crippen LogP contribution in [0.15, 0.2) is 0 Å². The maximum absolute atomic E-state index is 12.1. The number of amides is 1. The molecule has 6 heteroatoms. The molecule has 0 aromatic carbocycles. The third kappa shape index (κ3) is 3.63. The fourth-order valence-corrected chi connectivity index (χ4v) is 3.98. The summed E-state index contributed by atoms with van der Waals surface area (Å²) >= 11 is 1.51. The van der Waals surface area contributed by atoms with E-state index in [0.29, 0.717) is 17.0 Å². The Labute approximate surface area is 129 Å². The van der Waals surface area contributed by atoms with E-state index in [1.54, 1.807) is 0 Å². The van der Waals surface area contributed by atoms with Gasteiger partial charge in [-0.3, -0.25) is 4.79 Å². The van der Waals surface area contributed by atoms with Gasteiger partial charge in [0.1, 0.15) is 5.00 Å². The number of nitrogens with one attached hydrogen (secondary N) is 2. The Bertz CT molecular complexity index is 539. The number of anilines is 1. The van der Waals surface area contributed by atoms with Crippen molar-refractivity contribution in [2.24, 2.45) is 0 Å². The zero-order chi connectivity index (χ0) is 15.4. The largest absolute Gasteiger partial charge is 0.465 e. The fourth-order valence-electron chi connectivity index (χ4n) is 2.69. The second-order valence-electron chi connectivity index (χ2n) is 5.26. The van der Waals surface area contributed by atoms with Crippen LogP contribution in [0.4, 0.5) is 5.00 Å². The molecule has 0 saturated carbocycles. The molecule has 2 N–H and O–H groups in total. The highest BCUT2D eigenvalue weighted by Crippen LogP contribution is 2.39. The molecule has 21 heavy (non-hydrogen) atoms. The number of thiophene rings is 1. The number of carbonyl (C=O) groups excluding carboxylic acids is 2. The SMILES string of the molecule is CCNC(C)CC(=O)Nc1sc2c(c1C(=O)OC)CCC2. The number of methoxy groups -OCH3 is 1. The Kier molecular flexibility index (Phi) is 5.36. The predicted octanol–water partition coefficient (Wildman–Crippen LogP) is 2.35. The summed E-state index contributed by atoms with van der Waals surface area (Å²) in [5, 5.41) is 6.72. The number of rotatable bonds is 6. The third-order valence-electron chi connectivity index (χ3n) is 3.61. The van der Waals surface area contributed by atoms with E-state index in [9.17, 15) is 9.59 Å². The molecule has 116 valence electrons. The van der Waals surface area contributed by atoms with Crippen molar-refractivity contribution in [1.29, 1.82) is 0 Å².